The number of carbonyl (C=O) groups excluding carboxylic acids is 1. The number of nitrogens with zero attached hydrogens (tertiary/aromatic N) is 2. The average molecular weight is 669 g/mol. The number of hydrogen-bond donors (Lipinski definition) is 0. The summed E-state index contributed by atoms with van der Waals surface area (Å²) in [5, 5.41) is 2.47. The van der Waals surface area contributed by atoms with Crippen molar-refractivity contribution in [1.29, 1.82) is 0 Å². The number of methoxy groups -OCH3 is 1. The van der Waals surface area contributed by atoms with Crippen molar-refractivity contribution in [2.75, 3.05) is 20.3 Å². The summed E-state index contributed by atoms with van der Waals surface area (Å²) in [4.78, 5) is 33.0. The third-order valence-electron chi connectivity index (χ3n) is 7.81. The molecular weight excluding hydrogens is 636 g/mol. The van der Waals surface area contributed by atoms with Crippen LogP contribution >= 0.6 is 22.9 Å². The number of halogens is 1. The molecule has 0 saturated heterocycles. The van der Waals surface area contributed by atoms with E-state index in [9.17, 15) is 9.59 Å². The van der Waals surface area contributed by atoms with Gasteiger partial charge < -0.3 is 18.9 Å². The first-order valence-corrected chi connectivity index (χ1v) is 16.4. The van der Waals surface area contributed by atoms with Crippen LogP contribution in [0.25, 0.3) is 16.8 Å². The molecule has 0 N–H and O–H groups in total. The predicted octanol–water partition coefficient (Wildman–Crippen LogP) is 6.59. The molecule has 5 aromatic rings. The van der Waals surface area contributed by atoms with Crippen molar-refractivity contribution < 1.29 is 23.7 Å². The highest BCUT2D eigenvalue weighted by atomic mass is 35.5. The number of benzene rings is 4. The van der Waals surface area contributed by atoms with Crippen molar-refractivity contribution in [3.8, 4) is 17.2 Å². The largest absolute Gasteiger partial charge is 0.496 e. The Balaban J connectivity index is 1.47. The summed E-state index contributed by atoms with van der Waals surface area (Å²) in [7, 11) is 1.58. The molecule has 0 bridgehead atoms. The maximum absolute atomic E-state index is 14.3. The van der Waals surface area contributed by atoms with Gasteiger partial charge in [0.25, 0.3) is 5.56 Å². The number of esters is 1. The van der Waals surface area contributed by atoms with Crippen molar-refractivity contribution in [3.63, 3.8) is 0 Å². The molecular formula is C37H33ClN2O6S. The van der Waals surface area contributed by atoms with Gasteiger partial charge in [-0.1, -0.05) is 71.5 Å². The monoisotopic (exact) mass is 668 g/mol. The molecule has 10 heteroatoms. The van der Waals surface area contributed by atoms with Crippen LogP contribution < -0.4 is 29.1 Å². The van der Waals surface area contributed by atoms with E-state index in [1.165, 1.54) is 11.3 Å². The molecule has 6 rings (SSSR count). The van der Waals surface area contributed by atoms with Crippen molar-refractivity contribution >= 4 is 45.8 Å². The molecule has 0 fully saturated rings. The quantitative estimate of drug-likeness (QED) is 0.156. The highest BCUT2D eigenvalue weighted by Gasteiger charge is 2.36. The number of thiazole rings is 1. The highest BCUT2D eigenvalue weighted by molar-refractivity contribution is 7.07. The van der Waals surface area contributed by atoms with Crippen LogP contribution in [0.3, 0.4) is 0 Å². The summed E-state index contributed by atoms with van der Waals surface area (Å²) in [6.45, 7) is 6.38. The van der Waals surface area contributed by atoms with Gasteiger partial charge in [0.2, 0.25) is 0 Å². The minimum atomic E-state index is -0.823. The van der Waals surface area contributed by atoms with Crippen molar-refractivity contribution in [1.82, 2.24) is 4.57 Å². The molecule has 0 spiro atoms. The second-order valence-corrected chi connectivity index (χ2v) is 12.2. The first-order valence-electron chi connectivity index (χ1n) is 15.2. The van der Waals surface area contributed by atoms with Gasteiger partial charge in [0.1, 0.15) is 18.4 Å². The zero-order valence-electron chi connectivity index (χ0n) is 26.4. The lowest BCUT2D eigenvalue weighted by Crippen LogP contribution is -2.40. The SMILES string of the molecule is CCOC(=O)C1=C(C)N=c2s/c(=C\c3ccc(OCc4ccc(Cl)cc4)c(OCC)c3)c(=O)n2[C@H]1c1c(OC)ccc2ccccc12. The molecule has 8 nitrogen and oxygen atoms in total. The number of ether oxygens (including phenoxy) is 4. The minimum Gasteiger partial charge on any atom is -0.496 e. The van der Waals surface area contributed by atoms with Crippen LogP contribution in [0.1, 0.15) is 43.5 Å². The maximum atomic E-state index is 14.3. The fourth-order valence-corrected chi connectivity index (χ4v) is 6.87. The topological polar surface area (TPSA) is 88.4 Å². The summed E-state index contributed by atoms with van der Waals surface area (Å²) in [6, 6.07) is 23.8. The maximum Gasteiger partial charge on any atom is 0.338 e. The van der Waals surface area contributed by atoms with Crippen LogP contribution in [0.4, 0.5) is 0 Å². The predicted molar refractivity (Wildman–Crippen MR) is 184 cm³/mol. The highest BCUT2D eigenvalue weighted by Crippen LogP contribution is 2.40. The first-order chi connectivity index (χ1) is 22.8. The van der Waals surface area contributed by atoms with E-state index in [2.05, 4.69) is 0 Å². The summed E-state index contributed by atoms with van der Waals surface area (Å²) in [5.41, 5.74) is 2.90. The Bertz CT molecular complexity index is 2190. The van der Waals surface area contributed by atoms with Crippen LogP contribution in [0.15, 0.2) is 99.9 Å². The molecule has 47 heavy (non-hydrogen) atoms. The van der Waals surface area contributed by atoms with Gasteiger partial charge >= 0.3 is 5.97 Å². The van der Waals surface area contributed by atoms with Gasteiger partial charge in [0, 0.05) is 10.6 Å². The first kappa shape index (κ1) is 32.1. The summed E-state index contributed by atoms with van der Waals surface area (Å²) >= 11 is 7.27. The molecule has 0 saturated carbocycles. The fraction of sp³-hybridized carbons (Fsp3) is 0.216. The average Bonchev–Trinajstić information content (AvgIpc) is 3.37. The molecule has 0 unspecified atom stereocenters. The van der Waals surface area contributed by atoms with Gasteiger partial charge in [-0.3, -0.25) is 9.36 Å². The van der Waals surface area contributed by atoms with Gasteiger partial charge in [-0.15, -0.1) is 0 Å². The Morgan fingerprint density at radius 1 is 0.957 bits per heavy atom. The van der Waals surface area contributed by atoms with Crippen molar-refractivity contribution in [3.05, 3.63) is 132 Å². The lowest BCUT2D eigenvalue weighted by molar-refractivity contribution is -0.139. The Kier molecular flexibility index (Phi) is 9.47. The normalized spacial score (nSPS) is 14.5. The van der Waals surface area contributed by atoms with E-state index in [-0.39, 0.29) is 12.2 Å². The van der Waals surface area contributed by atoms with Crippen molar-refractivity contribution in [2.24, 2.45) is 4.99 Å². The molecule has 0 amide bonds. The molecule has 4 aromatic carbocycles. The molecule has 240 valence electrons. The second kappa shape index (κ2) is 13.9. The number of allylic oxidation sites excluding steroid dienone is 1. The van der Waals surface area contributed by atoms with E-state index in [1.807, 2.05) is 85.8 Å². The number of fused-ring (bicyclic) bond motifs is 2. The third kappa shape index (κ3) is 6.41. The van der Waals surface area contributed by atoms with Crippen LogP contribution in [0, 0.1) is 0 Å². The van der Waals surface area contributed by atoms with Gasteiger partial charge in [-0.05, 0) is 79.1 Å². The smallest absolute Gasteiger partial charge is 0.338 e. The number of carbonyl (C=O) groups is 1. The van der Waals surface area contributed by atoms with E-state index in [1.54, 1.807) is 31.6 Å². The summed E-state index contributed by atoms with van der Waals surface area (Å²) in [6.07, 6.45) is 1.80. The molecule has 1 aliphatic rings. The number of aromatic nitrogens is 1. The lowest BCUT2D eigenvalue weighted by atomic mass is 9.90. The number of rotatable bonds is 10. The minimum absolute atomic E-state index is 0.182. The molecule has 1 aromatic heterocycles. The standard InChI is InChI=1S/C37H33ClN2O6S/c1-5-44-30-19-24(13-17-28(30)46-21-23-11-15-26(38)16-12-23)20-31-35(41)40-34(32(36(42)45-6-2)22(3)39-37(40)47-31)33-27-10-8-7-9-25(27)14-18-29(33)43-4/h7-20,34H,5-6,21H2,1-4H3/b31-20-/t34-/m1/s1. The zero-order valence-corrected chi connectivity index (χ0v) is 28.0. The summed E-state index contributed by atoms with van der Waals surface area (Å²) < 4.78 is 25.3. The lowest BCUT2D eigenvalue weighted by Gasteiger charge is -2.27. The second-order valence-electron chi connectivity index (χ2n) is 10.8. The Hall–Kier alpha value is -4.86. The van der Waals surface area contributed by atoms with E-state index >= 15 is 0 Å². The van der Waals surface area contributed by atoms with Gasteiger partial charge in [-0.2, -0.15) is 0 Å². The van der Waals surface area contributed by atoms with Crippen LogP contribution in [-0.4, -0.2) is 30.9 Å². The van der Waals surface area contributed by atoms with Crippen LogP contribution in [0.2, 0.25) is 5.02 Å². The van der Waals surface area contributed by atoms with E-state index in [0.717, 1.165) is 21.9 Å². The number of hydrogen-bond acceptors (Lipinski definition) is 8. The molecule has 1 aliphatic heterocycles. The Morgan fingerprint density at radius 3 is 2.47 bits per heavy atom. The van der Waals surface area contributed by atoms with Crippen LogP contribution in [0.5, 0.6) is 17.2 Å². The Morgan fingerprint density at radius 2 is 1.72 bits per heavy atom. The Labute approximate surface area is 280 Å². The fourth-order valence-electron chi connectivity index (χ4n) is 5.70. The summed E-state index contributed by atoms with van der Waals surface area (Å²) in [5.74, 6) is 1.16. The molecule has 0 aliphatic carbocycles. The van der Waals surface area contributed by atoms with Crippen molar-refractivity contribution in [2.45, 2.75) is 33.4 Å². The zero-order chi connectivity index (χ0) is 33.1. The van der Waals surface area contributed by atoms with E-state index in [0.29, 0.717) is 61.7 Å². The van der Waals surface area contributed by atoms with E-state index in [4.69, 9.17) is 35.5 Å². The third-order valence-corrected chi connectivity index (χ3v) is 9.05. The van der Waals surface area contributed by atoms with Gasteiger partial charge in [0.15, 0.2) is 16.3 Å². The molecule has 0 radical (unpaired) electrons. The van der Waals surface area contributed by atoms with Gasteiger partial charge in [-0.25, -0.2) is 9.79 Å². The van der Waals surface area contributed by atoms with E-state index < -0.39 is 12.0 Å². The van der Waals surface area contributed by atoms with Gasteiger partial charge in [0.05, 0.1) is 36.1 Å². The van der Waals surface area contributed by atoms with Crippen LogP contribution in [-0.2, 0) is 16.1 Å². The molecule has 1 atom stereocenters. The molecule has 2 heterocycles.